The molecule has 0 bridgehead atoms. The monoisotopic (exact) mass is 582 g/mol. The molecule has 3 heterocycles. The lowest BCUT2D eigenvalue weighted by molar-refractivity contribution is -0.300. The molecule has 7 rings (SSSR count). The molecule has 1 aromatic heterocycles. The van der Waals surface area contributed by atoms with Crippen molar-refractivity contribution >= 4 is 23.5 Å². The Morgan fingerprint density at radius 3 is 2.48 bits per heavy atom. The zero-order valence-electron chi connectivity index (χ0n) is 25.0. The van der Waals surface area contributed by atoms with Crippen LogP contribution in [-0.2, 0) is 38.1 Å². The summed E-state index contributed by atoms with van der Waals surface area (Å²) in [6, 6.07) is 1.85. The number of Topliss-reactive ketones (excluding diaryl/α,β-unsaturated/α-hetero) is 1. The quantitative estimate of drug-likeness (QED) is 0.416. The van der Waals surface area contributed by atoms with E-state index in [9.17, 15) is 19.5 Å². The molecule has 0 amide bonds. The summed E-state index contributed by atoms with van der Waals surface area (Å²) in [5, 5.41) is 12.6. The first-order valence-electron chi connectivity index (χ1n) is 14.8. The lowest BCUT2D eigenvalue weighted by Crippen LogP contribution is -2.81. The number of rotatable bonds is 4. The Bertz CT molecular complexity index is 1450. The van der Waals surface area contributed by atoms with Gasteiger partial charge in [-0.15, -0.1) is 0 Å². The number of allylic oxidation sites excluding steroid dienone is 2. The minimum absolute atomic E-state index is 0.133. The van der Waals surface area contributed by atoms with Crippen LogP contribution in [-0.4, -0.2) is 64.9 Å². The first-order valence-corrected chi connectivity index (χ1v) is 14.8. The third-order valence-electron chi connectivity index (χ3n) is 12.1. The summed E-state index contributed by atoms with van der Waals surface area (Å²) in [6.45, 7) is 11.8. The van der Waals surface area contributed by atoms with E-state index in [0.29, 0.717) is 6.42 Å². The summed E-state index contributed by atoms with van der Waals surface area (Å²) < 4.78 is 30.5. The van der Waals surface area contributed by atoms with Gasteiger partial charge in [-0.3, -0.25) is 19.2 Å². The molecule has 0 aromatic carbocycles. The van der Waals surface area contributed by atoms with Crippen molar-refractivity contribution in [3.63, 3.8) is 0 Å². The highest BCUT2D eigenvalue weighted by Gasteiger charge is 2.94. The number of carbonyl (C=O) groups excluding carboxylic acids is 4. The Hall–Kier alpha value is -2.82. The van der Waals surface area contributed by atoms with E-state index in [1.54, 1.807) is 46.3 Å². The Morgan fingerprint density at radius 2 is 1.86 bits per heavy atom. The van der Waals surface area contributed by atoms with Crippen LogP contribution < -0.4 is 0 Å². The summed E-state index contributed by atoms with van der Waals surface area (Å²) in [5.74, 6) is -6.57. The van der Waals surface area contributed by atoms with Gasteiger partial charge in [0.25, 0.3) is 5.79 Å². The van der Waals surface area contributed by atoms with Gasteiger partial charge in [0.15, 0.2) is 5.78 Å². The van der Waals surface area contributed by atoms with Gasteiger partial charge in [0.1, 0.15) is 11.7 Å². The third kappa shape index (κ3) is 2.74. The largest absolute Gasteiger partial charge is 0.472 e. The molecule has 5 fully saturated rings. The summed E-state index contributed by atoms with van der Waals surface area (Å²) in [5.41, 5.74) is -5.20. The molecule has 10 heteroatoms. The van der Waals surface area contributed by atoms with Crippen molar-refractivity contribution in [1.29, 1.82) is 0 Å². The summed E-state index contributed by atoms with van der Waals surface area (Å²) >= 11 is 0. The van der Waals surface area contributed by atoms with E-state index in [-0.39, 0.29) is 18.3 Å². The van der Waals surface area contributed by atoms with Crippen LogP contribution in [0.1, 0.15) is 66.4 Å². The molecule has 2 saturated heterocycles. The van der Waals surface area contributed by atoms with E-state index in [4.69, 9.17) is 23.4 Å². The molecule has 3 saturated carbocycles. The van der Waals surface area contributed by atoms with Crippen LogP contribution >= 0.6 is 0 Å². The van der Waals surface area contributed by atoms with Crippen LogP contribution in [0.5, 0.6) is 0 Å². The predicted molar refractivity (Wildman–Crippen MR) is 143 cm³/mol. The van der Waals surface area contributed by atoms with Crippen LogP contribution in [0.25, 0.3) is 0 Å². The Morgan fingerprint density at radius 1 is 1.14 bits per heavy atom. The molecule has 1 spiro atoms. The zero-order chi connectivity index (χ0) is 30.4. The highest BCUT2D eigenvalue weighted by Crippen LogP contribution is 2.83. The summed E-state index contributed by atoms with van der Waals surface area (Å²) in [6.07, 6.45) is 4.12. The highest BCUT2D eigenvalue weighted by molar-refractivity contribution is 6.02. The molecule has 12 atom stereocenters. The molecule has 2 aliphatic heterocycles. The Kier molecular flexibility index (Phi) is 5.34. The molecule has 1 aromatic rings. The second-order valence-electron chi connectivity index (χ2n) is 14.4. The van der Waals surface area contributed by atoms with Crippen LogP contribution in [0.3, 0.4) is 0 Å². The van der Waals surface area contributed by atoms with E-state index in [2.05, 4.69) is 0 Å². The van der Waals surface area contributed by atoms with Crippen molar-refractivity contribution in [1.82, 2.24) is 0 Å². The van der Waals surface area contributed by atoms with Crippen molar-refractivity contribution in [3.8, 4) is 0 Å². The van der Waals surface area contributed by atoms with Gasteiger partial charge in [-0.2, -0.15) is 0 Å². The summed E-state index contributed by atoms with van der Waals surface area (Å²) in [4.78, 5) is 54.6. The molecular formula is C32H38O10. The molecule has 12 unspecified atom stereocenters. The van der Waals surface area contributed by atoms with Crippen LogP contribution in [0.15, 0.2) is 35.2 Å². The van der Waals surface area contributed by atoms with Gasteiger partial charge < -0.3 is 28.5 Å². The second-order valence-corrected chi connectivity index (χ2v) is 14.4. The minimum Gasteiger partial charge on any atom is -0.472 e. The van der Waals surface area contributed by atoms with Crippen molar-refractivity contribution in [2.24, 2.45) is 39.4 Å². The van der Waals surface area contributed by atoms with E-state index >= 15 is 4.79 Å². The SMILES string of the molecule is CC(=O)OC12OCC3(C)C(=O)C=CC(C)(C31)C1C(O)C(OC(=O)C(C)C)C3(C)C(c4ccoc4)CC4OC43C1(C)C2=O. The van der Waals surface area contributed by atoms with Crippen molar-refractivity contribution in [3.05, 3.63) is 36.3 Å². The predicted octanol–water partition coefficient (Wildman–Crippen LogP) is 3.12. The average Bonchev–Trinajstić information content (AvgIpc) is 3.18. The number of ether oxygens (including phenoxy) is 4. The van der Waals surface area contributed by atoms with Crippen molar-refractivity contribution in [2.45, 2.75) is 90.5 Å². The van der Waals surface area contributed by atoms with E-state index in [0.717, 1.165) is 5.56 Å². The first kappa shape index (κ1) is 28.0. The van der Waals surface area contributed by atoms with Gasteiger partial charge in [-0.1, -0.05) is 33.8 Å². The molecule has 4 aliphatic carbocycles. The average molecular weight is 583 g/mol. The van der Waals surface area contributed by atoms with Crippen molar-refractivity contribution in [2.75, 3.05) is 6.61 Å². The fraction of sp³-hybridized carbons (Fsp3) is 0.688. The number of ketones is 2. The number of aliphatic hydroxyl groups excluding tert-OH is 1. The van der Waals surface area contributed by atoms with Crippen LogP contribution in [0.4, 0.5) is 0 Å². The number of carbonyl (C=O) groups is 4. The number of fused-ring (bicyclic) bond motifs is 2. The highest BCUT2D eigenvalue weighted by atomic mass is 16.7. The number of aliphatic hydroxyl groups is 1. The molecule has 0 radical (unpaired) electrons. The molecule has 42 heavy (non-hydrogen) atoms. The van der Waals surface area contributed by atoms with Gasteiger partial charge in [0, 0.05) is 29.6 Å². The second kappa shape index (κ2) is 8.01. The first-order chi connectivity index (χ1) is 19.6. The molecule has 10 nitrogen and oxygen atoms in total. The Labute approximate surface area is 244 Å². The van der Waals surface area contributed by atoms with Gasteiger partial charge in [-0.25, -0.2) is 0 Å². The maximum Gasteiger partial charge on any atom is 0.308 e. The maximum atomic E-state index is 15.3. The minimum atomic E-state index is -2.07. The fourth-order valence-electron chi connectivity index (χ4n) is 10.7. The number of epoxide rings is 1. The maximum absolute atomic E-state index is 15.3. The molecule has 226 valence electrons. The van der Waals surface area contributed by atoms with Crippen LogP contribution in [0, 0.1) is 39.4 Å². The number of esters is 2. The number of furan rings is 1. The molecule has 6 aliphatic rings. The zero-order valence-corrected chi connectivity index (χ0v) is 25.0. The smallest absolute Gasteiger partial charge is 0.308 e. The normalized spacial score (nSPS) is 51.5. The fourth-order valence-corrected chi connectivity index (χ4v) is 10.7. The van der Waals surface area contributed by atoms with Gasteiger partial charge >= 0.3 is 11.9 Å². The Balaban J connectivity index is 1.51. The third-order valence-corrected chi connectivity index (χ3v) is 12.1. The van der Waals surface area contributed by atoms with Gasteiger partial charge in [0.2, 0.25) is 5.78 Å². The number of hydrogen-bond donors (Lipinski definition) is 1. The van der Waals surface area contributed by atoms with E-state index < -0.39 is 86.8 Å². The number of hydrogen-bond acceptors (Lipinski definition) is 10. The topological polar surface area (TPSA) is 142 Å². The summed E-state index contributed by atoms with van der Waals surface area (Å²) in [7, 11) is 0. The van der Waals surface area contributed by atoms with Gasteiger partial charge in [0.05, 0.1) is 54.0 Å². The lowest BCUT2D eigenvalue weighted by atomic mass is 9.35. The van der Waals surface area contributed by atoms with Crippen LogP contribution in [0.2, 0.25) is 0 Å². The van der Waals surface area contributed by atoms with Crippen molar-refractivity contribution < 1.29 is 47.6 Å². The standard InChI is InChI=1S/C32H38O10/c1-15(2)24(36)40-23-21(35)22-27(4)10-8-19(34)28(5)14-39-31(25(27)28,41-16(3)33)26(37)30(22,7)32-20(42-32)12-18(29(23,32)6)17-9-11-38-13-17/h8-11,13,15,18,20-23,25,35H,12,14H2,1-7H3. The van der Waals surface area contributed by atoms with E-state index in [1.165, 1.54) is 13.0 Å². The lowest BCUT2D eigenvalue weighted by Gasteiger charge is -2.68. The molecule has 1 N–H and O–H groups in total. The van der Waals surface area contributed by atoms with Gasteiger partial charge in [-0.05, 0) is 38.0 Å². The molecular weight excluding hydrogens is 544 g/mol. The van der Waals surface area contributed by atoms with E-state index in [1.807, 2.05) is 19.9 Å².